The Morgan fingerprint density at radius 3 is 1.92 bits per heavy atom. The molecule has 1 aromatic carbocycles. The minimum absolute atomic E-state index is 0. The van der Waals surface area contributed by atoms with Gasteiger partial charge in [-0.05, 0) is 12.1 Å². The van der Waals surface area contributed by atoms with Crippen LogP contribution >= 0.6 is 24.0 Å². The molecular weight excluding hydrogens is 305 g/mol. The summed E-state index contributed by atoms with van der Waals surface area (Å²) in [5, 5.41) is 8.38. The zero-order valence-electron chi connectivity index (χ0n) is 9.15. The summed E-state index contributed by atoms with van der Waals surface area (Å²) in [6.07, 6.45) is 0. The topological polar surface area (TPSA) is 37.3 Å². The number of benzene rings is 1. The van der Waals surface area contributed by atoms with E-state index in [1.807, 2.05) is 0 Å². The van der Waals surface area contributed by atoms with Crippen molar-refractivity contribution in [3.8, 4) is 0 Å². The first-order chi connectivity index (χ1) is 4.30. The Labute approximate surface area is 156 Å². The Balaban J connectivity index is -0.0000000540. The molecule has 1 N–H and O–H groups in total. The fraction of sp³-hybridized carbons (Fsp3) is 0. The van der Waals surface area contributed by atoms with Crippen molar-refractivity contribution >= 4 is 29.9 Å². The Hall–Kier alpha value is 2.06. The van der Waals surface area contributed by atoms with Crippen molar-refractivity contribution in [3.63, 3.8) is 0 Å². The third-order valence-corrected chi connectivity index (χ3v) is 1.02. The third kappa shape index (κ3) is 7.46. The molecule has 1 aromatic rings. The van der Waals surface area contributed by atoms with Gasteiger partial charge in [-0.2, -0.15) is 0 Å². The van der Waals surface area contributed by atoms with Gasteiger partial charge >= 0.3 is 86.9 Å². The molecule has 0 aliphatic carbocycles. The maximum Gasteiger partial charge on any atom is 1.00 e. The van der Waals surface area contributed by atoms with Crippen molar-refractivity contribution in [3.05, 3.63) is 35.9 Å². The van der Waals surface area contributed by atoms with Gasteiger partial charge in [0.05, 0.1) is 5.56 Å². The fourth-order valence-electron chi connectivity index (χ4n) is 0.581. The molecule has 12 heavy (non-hydrogen) atoms. The zero-order chi connectivity index (χ0) is 6.69. The number of carboxylic acid groups (broad SMARTS) is 1. The Kier molecular flexibility index (Phi) is 18.2. The average molecular weight is 314 g/mol. The summed E-state index contributed by atoms with van der Waals surface area (Å²) in [5.41, 5.74) is 0.331. The minimum atomic E-state index is -0.879. The number of aromatic carboxylic acids is 1. The summed E-state index contributed by atoms with van der Waals surface area (Å²) < 4.78 is 0. The smallest absolute Gasteiger partial charge is 1.00 e. The van der Waals surface area contributed by atoms with E-state index in [1.165, 1.54) is 0 Å². The monoisotopic (exact) mass is 314 g/mol. The van der Waals surface area contributed by atoms with Crippen molar-refractivity contribution in [2.24, 2.45) is 0 Å². The normalized spacial score (nSPS) is 6.67. The fourth-order valence-corrected chi connectivity index (χ4v) is 0.581. The second-order valence-electron chi connectivity index (χ2n) is 1.67. The molecule has 0 aromatic heterocycles. The molecule has 0 spiro atoms. The molecule has 0 saturated heterocycles. The molecule has 0 saturated carbocycles. The van der Waals surface area contributed by atoms with Gasteiger partial charge in [-0.1, -0.05) is 18.2 Å². The van der Waals surface area contributed by atoms with Crippen molar-refractivity contribution in [1.82, 2.24) is 0 Å². The number of hydrogen-bond donors (Lipinski definition) is 1. The van der Waals surface area contributed by atoms with Gasteiger partial charge in [-0.15, -0.1) is 24.0 Å². The van der Waals surface area contributed by atoms with E-state index in [0.717, 1.165) is 0 Å². The number of halogens is 1. The predicted octanol–water partition coefficient (Wildman–Crippen LogP) is -3.76. The second-order valence-corrected chi connectivity index (χ2v) is 1.67. The van der Waals surface area contributed by atoms with E-state index < -0.39 is 5.97 Å². The second kappa shape index (κ2) is 11.1. The summed E-state index contributed by atoms with van der Waals surface area (Å²) in [4.78, 5) is 10.2. The quantitative estimate of drug-likeness (QED) is 0.427. The van der Waals surface area contributed by atoms with Gasteiger partial charge < -0.3 is 7.96 Å². The maximum atomic E-state index is 10.2. The standard InChI is InChI=1S/C7H6O2.HI.K.Na.2H/c8-7(9)6-4-2-1-3-5-6;;;;;/h1-5H,(H,8,9);1H;;;;/q;;2*+1;2*-1. The van der Waals surface area contributed by atoms with E-state index in [1.54, 1.807) is 30.3 Å². The Morgan fingerprint density at radius 2 is 1.67 bits per heavy atom. The average Bonchev–Trinajstić information content (AvgIpc) is 1.90. The van der Waals surface area contributed by atoms with Crippen LogP contribution in [0.15, 0.2) is 30.3 Å². The van der Waals surface area contributed by atoms with Gasteiger partial charge in [0.25, 0.3) is 0 Å². The third-order valence-electron chi connectivity index (χ3n) is 1.02. The molecule has 1 rings (SSSR count). The summed E-state index contributed by atoms with van der Waals surface area (Å²) in [5.74, 6) is -0.879. The molecule has 0 fully saturated rings. The van der Waals surface area contributed by atoms with E-state index in [-0.39, 0.29) is 108 Å². The van der Waals surface area contributed by atoms with Crippen LogP contribution in [0.5, 0.6) is 0 Å². The number of carboxylic acids is 1. The van der Waals surface area contributed by atoms with Crippen LogP contribution < -0.4 is 80.9 Å². The zero-order valence-corrected chi connectivity index (χ0v) is 14.6. The van der Waals surface area contributed by atoms with Crippen LogP contribution in [0.2, 0.25) is 0 Å². The van der Waals surface area contributed by atoms with Crippen LogP contribution in [-0.2, 0) is 0 Å². The number of rotatable bonds is 1. The van der Waals surface area contributed by atoms with Crippen LogP contribution in [-0.4, -0.2) is 11.1 Å². The molecule has 2 nitrogen and oxygen atoms in total. The van der Waals surface area contributed by atoms with Crippen LogP contribution in [0, 0.1) is 0 Å². The van der Waals surface area contributed by atoms with E-state index in [4.69, 9.17) is 5.11 Å². The molecule has 0 aliphatic rings. The molecule has 0 heterocycles. The molecule has 0 amide bonds. The first-order valence-electron chi connectivity index (χ1n) is 2.59. The van der Waals surface area contributed by atoms with Gasteiger partial charge in [0.2, 0.25) is 0 Å². The molecule has 0 atom stereocenters. The van der Waals surface area contributed by atoms with E-state index in [0.29, 0.717) is 5.56 Å². The van der Waals surface area contributed by atoms with E-state index >= 15 is 0 Å². The first kappa shape index (κ1) is 19.6. The molecule has 0 unspecified atom stereocenters. The molecule has 5 heteroatoms. The van der Waals surface area contributed by atoms with Crippen LogP contribution in [0.4, 0.5) is 0 Å². The number of hydrogen-bond acceptors (Lipinski definition) is 1. The SMILES string of the molecule is I.O=C(O)c1ccccc1.[H-].[H-].[K+].[Na+]. The van der Waals surface area contributed by atoms with Gasteiger partial charge in [0.15, 0.2) is 0 Å². The van der Waals surface area contributed by atoms with Crippen molar-refractivity contribution in [2.75, 3.05) is 0 Å². The molecule has 0 bridgehead atoms. The summed E-state index contributed by atoms with van der Waals surface area (Å²) >= 11 is 0. The van der Waals surface area contributed by atoms with Crippen molar-refractivity contribution in [1.29, 1.82) is 0 Å². The Bertz CT molecular complexity index is 226. The Morgan fingerprint density at radius 1 is 1.25 bits per heavy atom. The summed E-state index contributed by atoms with van der Waals surface area (Å²) in [7, 11) is 0. The minimum Gasteiger partial charge on any atom is -1.00 e. The predicted molar refractivity (Wildman–Crippen MR) is 51.0 cm³/mol. The van der Waals surface area contributed by atoms with Crippen LogP contribution in [0.25, 0.3) is 0 Å². The van der Waals surface area contributed by atoms with Crippen LogP contribution in [0.3, 0.4) is 0 Å². The van der Waals surface area contributed by atoms with E-state index in [2.05, 4.69) is 0 Å². The van der Waals surface area contributed by atoms with Gasteiger partial charge in [0, 0.05) is 0 Å². The largest absolute Gasteiger partial charge is 1.00 e. The van der Waals surface area contributed by atoms with Crippen molar-refractivity contribution in [2.45, 2.75) is 0 Å². The van der Waals surface area contributed by atoms with Crippen molar-refractivity contribution < 1.29 is 93.7 Å². The molecule has 0 radical (unpaired) electrons. The van der Waals surface area contributed by atoms with Gasteiger partial charge in [-0.25, -0.2) is 4.79 Å². The van der Waals surface area contributed by atoms with Gasteiger partial charge in [0.1, 0.15) is 0 Å². The molecule has 58 valence electrons. The van der Waals surface area contributed by atoms with Crippen LogP contribution in [0.1, 0.15) is 13.2 Å². The summed E-state index contributed by atoms with van der Waals surface area (Å²) in [6.45, 7) is 0. The number of carbonyl (C=O) groups is 1. The van der Waals surface area contributed by atoms with Gasteiger partial charge in [-0.3, -0.25) is 0 Å². The molecule has 0 aliphatic heterocycles. The molecular formula is C7H9IKNaO2. The van der Waals surface area contributed by atoms with E-state index in [9.17, 15) is 4.79 Å². The first-order valence-corrected chi connectivity index (χ1v) is 2.59. The maximum absolute atomic E-state index is 10.2. The summed E-state index contributed by atoms with van der Waals surface area (Å²) in [6, 6.07) is 8.30.